The molecular weight excluding hydrogens is 1110 g/mol. The summed E-state index contributed by atoms with van der Waals surface area (Å²) in [5.74, 6) is -2.74. The van der Waals surface area contributed by atoms with Gasteiger partial charge < -0.3 is 44.1 Å². The van der Waals surface area contributed by atoms with Gasteiger partial charge in [0.25, 0.3) is 0 Å². The zero-order valence-corrected chi connectivity index (χ0v) is 53.4. The molecule has 12 atom stereocenters. The van der Waals surface area contributed by atoms with Crippen molar-refractivity contribution >= 4 is 46.9 Å². The Morgan fingerprint density at radius 2 is 1.23 bits per heavy atom. The van der Waals surface area contributed by atoms with Gasteiger partial charge in [-0.15, -0.1) is 11.3 Å². The summed E-state index contributed by atoms with van der Waals surface area (Å²) < 4.78 is 23.3. The minimum absolute atomic E-state index is 0. The van der Waals surface area contributed by atoms with Gasteiger partial charge in [0.1, 0.15) is 11.6 Å². The molecule has 478 valence electrons. The predicted octanol–water partition coefficient (Wildman–Crippen LogP) is 12.4. The molecular formula is C69H105N5O11S. The number of ether oxygens (including phenoxy) is 4. The van der Waals surface area contributed by atoms with Crippen LogP contribution in [-0.2, 0) is 54.1 Å². The van der Waals surface area contributed by atoms with E-state index in [9.17, 15) is 33.9 Å². The highest BCUT2D eigenvalue weighted by Gasteiger charge is 2.44. The summed E-state index contributed by atoms with van der Waals surface area (Å²) in [5.41, 5.74) is 5.70. The van der Waals surface area contributed by atoms with Gasteiger partial charge in [-0.3, -0.25) is 28.8 Å². The number of benzene rings is 3. The molecule has 2 N–H and O–H groups in total. The summed E-state index contributed by atoms with van der Waals surface area (Å²) in [4.78, 5) is 89.1. The molecule has 3 aromatic carbocycles. The second-order valence-corrected chi connectivity index (χ2v) is 24.8. The van der Waals surface area contributed by atoms with Crippen molar-refractivity contribution in [2.45, 2.75) is 184 Å². The van der Waals surface area contributed by atoms with Crippen LogP contribution in [-0.4, -0.2) is 145 Å². The highest BCUT2D eigenvalue weighted by Crippen LogP contribution is 2.45. The number of amides is 4. The van der Waals surface area contributed by atoms with Crippen LogP contribution in [0.25, 0.3) is 11.1 Å². The third kappa shape index (κ3) is 19.0. The number of hydrogen-bond donors (Lipinski definition) is 2. The molecule has 0 saturated carbocycles. The van der Waals surface area contributed by atoms with E-state index in [0.29, 0.717) is 13.0 Å². The fraction of sp³-hybridized carbons (Fsp3) is 0.609. The third-order valence-electron chi connectivity index (χ3n) is 18.0. The van der Waals surface area contributed by atoms with Gasteiger partial charge in [-0.1, -0.05) is 176 Å². The molecule has 86 heavy (non-hydrogen) atoms. The number of methoxy groups -OCH3 is 3. The number of nitrogens with zero attached hydrogens (tertiary/aromatic N) is 4. The first-order valence-corrected chi connectivity index (χ1v) is 31.1. The van der Waals surface area contributed by atoms with Gasteiger partial charge in [0, 0.05) is 65.4 Å². The molecule has 2 heterocycles. The Morgan fingerprint density at radius 1 is 0.698 bits per heavy atom. The monoisotopic (exact) mass is 1210 g/mol. The number of carbonyl (C=O) groups excluding carboxylic acids is 5. The van der Waals surface area contributed by atoms with E-state index in [4.69, 9.17) is 18.9 Å². The largest absolute Gasteiger partial charge is 0.481 e. The molecule has 2 aliphatic rings. The Bertz CT molecular complexity index is 2680. The average Bonchev–Trinajstić information content (AvgIpc) is 2.21. The Morgan fingerprint density at radius 3 is 1.72 bits per heavy atom. The summed E-state index contributed by atoms with van der Waals surface area (Å²) >= 11 is 1.52. The second-order valence-electron chi connectivity index (χ2n) is 23.9. The Balaban J connectivity index is 0.000000447. The minimum atomic E-state index is -0.981. The molecule has 1 aromatic heterocycles. The Labute approximate surface area is 519 Å². The van der Waals surface area contributed by atoms with Crippen molar-refractivity contribution in [3.63, 3.8) is 0 Å². The van der Waals surface area contributed by atoms with E-state index < -0.39 is 48.1 Å². The lowest BCUT2D eigenvalue weighted by atomic mass is 9.87. The number of carboxylic acids is 1. The van der Waals surface area contributed by atoms with Gasteiger partial charge in [-0.2, -0.15) is 0 Å². The highest BCUT2D eigenvalue weighted by molar-refractivity contribution is 7.09. The SMILES string of the molecule is C.C.CC[C@H](C)[C@@H]([C@@H](CC(=O)N1CCC[C@H]1[C@H](OC)[C@@H](C)C(=O)N[C@@H](Cc1ccccc1)c1nccs1)OC)N(C)C(=O)[C@@H](C)C(C)C.CC[C@H](C)[C@@H]([C@@H](CC(=O)O)OC)N(C)C(=O)[C@@H](CC(=O)OCC1c2ccccc2-c2ccccc21)C(C)C. The number of likely N-dealkylation sites (N-methyl/N-ethyl adjacent to an activating group) is 2. The molecule has 1 fully saturated rings. The number of thiazole rings is 1. The van der Waals surface area contributed by atoms with Crippen LogP contribution in [0.4, 0.5) is 0 Å². The van der Waals surface area contributed by atoms with Crippen LogP contribution in [0, 0.1) is 41.4 Å². The number of hydrogen-bond acceptors (Lipinski definition) is 12. The van der Waals surface area contributed by atoms with Crippen LogP contribution in [0.15, 0.2) is 90.4 Å². The number of aliphatic carboxylic acids is 1. The Kier molecular flexibility index (Phi) is 30.8. The lowest BCUT2D eigenvalue weighted by Gasteiger charge is -2.40. The van der Waals surface area contributed by atoms with E-state index in [0.717, 1.165) is 58.5 Å². The maximum atomic E-state index is 14.0. The van der Waals surface area contributed by atoms with Gasteiger partial charge >= 0.3 is 11.9 Å². The maximum absolute atomic E-state index is 14.0. The van der Waals surface area contributed by atoms with Crippen molar-refractivity contribution in [2.75, 3.05) is 48.6 Å². The van der Waals surface area contributed by atoms with Crippen LogP contribution in [0.2, 0.25) is 0 Å². The number of likely N-dealkylation sites (tertiary alicyclic amines) is 1. The normalized spacial score (nSPS) is 17.5. The molecule has 1 aliphatic carbocycles. The molecule has 0 spiro atoms. The molecule has 0 unspecified atom stereocenters. The molecule has 0 bridgehead atoms. The van der Waals surface area contributed by atoms with Crippen LogP contribution in [0.5, 0.6) is 0 Å². The molecule has 4 aromatic rings. The minimum Gasteiger partial charge on any atom is -0.481 e. The van der Waals surface area contributed by atoms with Crippen molar-refractivity contribution < 1.29 is 52.8 Å². The smallest absolute Gasteiger partial charge is 0.306 e. The van der Waals surface area contributed by atoms with Crippen LogP contribution in [0.1, 0.15) is 163 Å². The van der Waals surface area contributed by atoms with Crippen LogP contribution >= 0.6 is 11.3 Å². The van der Waals surface area contributed by atoms with Crippen molar-refractivity contribution in [2.24, 2.45) is 41.4 Å². The van der Waals surface area contributed by atoms with Crippen LogP contribution < -0.4 is 5.32 Å². The standard InChI is InChI=1S/C36H56N4O5S.C31H41NO6.2CH4/c1-10-24(4)32(39(7)36(43)25(5)23(2)3)30(44-8)22-31(41)40-19-14-17-29(40)33(45-9)26(6)34(42)38-28(35-37-18-20-46-35)21-27-15-12-11-13-16-27;1-7-20(4)30(27(37-6)17-28(33)34)32(5)31(36)25(19(2)3)16-29(35)38-18-26-23-14-10-8-12-21(23)22-13-9-11-15-24(22)26;;/h11-13,15-16,18,20,23-26,28-30,32-33H,10,14,17,19,21-22H2,1-9H3,(H,38,42);8-15,19-20,25-27,30H,7,16-18H2,1-6H3,(H,33,34);2*1H4/t24-,25-,26+,28-,29-,30+,32-,33+;20-,25-,27+,30-;;/m00../s1. The van der Waals surface area contributed by atoms with Crippen molar-refractivity contribution in [1.29, 1.82) is 0 Å². The fourth-order valence-electron chi connectivity index (χ4n) is 12.3. The summed E-state index contributed by atoms with van der Waals surface area (Å²) in [6, 6.07) is 25.2. The van der Waals surface area contributed by atoms with Gasteiger partial charge in [0.2, 0.25) is 23.6 Å². The summed E-state index contributed by atoms with van der Waals surface area (Å²) in [7, 11) is 8.23. The van der Waals surface area contributed by atoms with Crippen LogP contribution in [0.3, 0.4) is 0 Å². The van der Waals surface area contributed by atoms with Gasteiger partial charge in [-0.25, -0.2) is 4.98 Å². The quantitative estimate of drug-likeness (QED) is 0.0470. The van der Waals surface area contributed by atoms with Crippen molar-refractivity contribution in [1.82, 2.24) is 25.0 Å². The maximum Gasteiger partial charge on any atom is 0.306 e. The van der Waals surface area contributed by atoms with Crippen molar-refractivity contribution in [3.05, 3.63) is 112 Å². The fourth-order valence-corrected chi connectivity index (χ4v) is 13.0. The van der Waals surface area contributed by atoms with Gasteiger partial charge in [-0.05, 0) is 70.8 Å². The third-order valence-corrected chi connectivity index (χ3v) is 18.8. The molecule has 1 saturated heterocycles. The summed E-state index contributed by atoms with van der Waals surface area (Å²) in [6.07, 6.45) is 3.86. The predicted molar refractivity (Wildman–Crippen MR) is 343 cm³/mol. The Hall–Kier alpha value is -6.01. The number of aromatic nitrogens is 1. The number of nitrogens with one attached hydrogen (secondary N) is 1. The van der Waals surface area contributed by atoms with E-state index in [-0.39, 0.29) is 118 Å². The average molecular weight is 1210 g/mol. The molecule has 1 aliphatic heterocycles. The zero-order chi connectivity index (χ0) is 61.9. The molecule has 17 heteroatoms. The zero-order valence-electron chi connectivity index (χ0n) is 52.6. The van der Waals surface area contributed by atoms with E-state index in [1.807, 2.05) is 113 Å². The lowest BCUT2D eigenvalue weighted by Crippen LogP contribution is -2.54. The topological polar surface area (TPSA) is 194 Å². The number of fused-ring (bicyclic) bond motifs is 3. The number of carbonyl (C=O) groups is 6. The first kappa shape index (κ1) is 74.2. The summed E-state index contributed by atoms with van der Waals surface area (Å²) in [6.45, 7) is 20.8. The molecule has 6 rings (SSSR count). The van der Waals surface area contributed by atoms with E-state index in [1.165, 1.54) is 18.4 Å². The number of esters is 1. The first-order chi connectivity index (χ1) is 40.0. The van der Waals surface area contributed by atoms with E-state index >= 15 is 0 Å². The van der Waals surface area contributed by atoms with Gasteiger partial charge in [0.05, 0.1) is 73.6 Å². The molecule has 4 amide bonds. The highest BCUT2D eigenvalue weighted by atomic mass is 32.1. The van der Waals surface area contributed by atoms with E-state index in [2.05, 4.69) is 62.3 Å². The number of carboxylic acid groups (broad SMARTS) is 1. The van der Waals surface area contributed by atoms with Crippen molar-refractivity contribution in [3.8, 4) is 11.1 Å². The summed E-state index contributed by atoms with van der Waals surface area (Å²) in [5, 5.41) is 15.4. The second kappa shape index (κ2) is 35.7. The van der Waals surface area contributed by atoms with E-state index in [1.54, 1.807) is 37.3 Å². The molecule has 0 radical (unpaired) electrons. The first-order valence-electron chi connectivity index (χ1n) is 30.3. The molecule has 16 nitrogen and oxygen atoms in total. The lowest BCUT2D eigenvalue weighted by molar-refractivity contribution is -0.153. The number of rotatable bonds is 30. The van der Waals surface area contributed by atoms with Gasteiger partial charge in [0.15, 0.2) is 0 Å².